The van der Waals surface area contributed by atoms with Crippen molar-refractivity contribution >= 4 is 6.21 Å². The lowest BCUT2D eigenvalue weighted by atomic mass is 10.1. The zero-order valence-electron chi connectivity index (χ0n) is 6.81. The molecule has 0 aliphatic carbocycles. The molecule has 0 atom stereocenters. The Morgan fingerprint density at radius 1 is 1.50 bits per heavy atom. The minimum Gasteiger partial charge on any atom is -0.366 e. The summed E-state index contributed by atoms with van der Waals surface area (Å²) in [4.78, 5) is 4.15. The smallest absolute Gasteiger partial charge is 0.122 e. The maximum atomic E-state index is 4.15. The molecular formula is C8H14N2. The molecule has 2 heteroatoms. The van der Waals surface area contributed by atoms with E-state index in [4.69, 9.17) is 0 Å². The first-order valence-electron chi connectivity index (χ1n) is 3.59. The summed E-state index contributed by atoms with van der Waals surface area (Å²) in [5.41, 5.74) is 0.132. The molecule has 1 aliphatic heterocycles. The van der Waals surface area contributed by atoms with Crippen molar-refractivity contribution in [3.8, 4) is 0 Å². The average Bonchev–Trinajstić information content (AvgIpc) is 2.12. The highest BCUT2D eigenvalue weighted by Crippen LogP contribution is 2.07. The summed E-state index contributed by atoms with van der Waals surface area (Å²) in [6, 6.07) is 0. The van der Waals surface area contributed by atoms with Crippen LogP contribution in [0.5, 0.6) is 0 Å². The van der Waals surface area contributed by atoms with E-state index in [-0.39, 0.29) is 5.54 Å². The molecule has 0 radical (unpaired) electrons. The lowest BCUT2D eigenvalue weighted by Gasteiger charge is -2.20. The number of hydrogen-bond donors (Lipinski definition) is 1. The van der Waals surface area contributed by atoms with Crippen LogP contribution >= 0.6 is 0 Å². The van der Waals surface area contributed by atoms with E-state index in [1.54, 1.807) is 0 Å². The third kappa shape index (κ3) is 2.21. The number of aliphatic imine (C=N–C) groups is 1. The normalized spacial score (nSPS) is 17.3. The van der Waals surface area contributed by atoms with Crippen LogP contribution in [0.2, 0.25) is 0 Å². The van der Waals surface area contributed by atoms with Gasteiger partial charge >= 0.3 is 0 Å². The fraction of sp³-hybridized carbons (Fsp3) is 0.625. The zero-order chi connectivity index (χ0) is 7.61. The van der Waals surface area contributed by atoms with E-state index in [9.17, 15) is 0 Å². The van der Waals surface area contributed by atoms with Crippen LogP contribution in [0.15, 0.2) is 16.9 Å². The van der Waals surface area contributed by atoms with Crippen molar-refractivity contribution in [2.45, 2.75) is 32.7 Å². The van der Waals surface area contributed by atoms with Gasteiger partial charge in [0.2, 0.25) is 0 Å². The second-order valence-electron chi connectivity index (χ2n) is 3.51. The van der Waals surface area contributed by atoms with E-state index < -0.39 is 0 Å². The average molecular weight is 138 g/mol. The molecule has 2 nitrogen and oxygen atoms in total. The molecule has 0 saturated heterocycles. The van der Waals surface area contributed by atoms with Gasteiger partial charge in [-0.15, -0.1) is 0 Å². The molecule has 0 aromatic rings. The first-order chi connectivity index (χ1) is 4.58. The van der Waals surface area contributed by atoms with Crippen LogP contribution in [0.3, 0.4) is 0 Å². The Bertz CT molecular complexity index is 172. The van der Waals surface area contributed by atoms with Gasteiger partial charge in [-0.3, -0.25) is 0 Å². The van der Waals surface area contributed by atoms with Crippen LogP contribution in [0.25, 0.3) is 0 Å². The lowest BCUT2D eigenvalue weighted by Crippen LogP contribution is -2.34. The Labute approximate surface area is 62.0 Å². The topological polar surface area (TPSA) is 24.4 Å². The van der Waals surface area contributed by atoms with Gasteiger partial charge in [0, 0.05) is 18.2 Å². The summed E-state index contributed by atoms with van der Waals surface area (Å²) >= 11 is 0. The van der Waals surface area contributed by atoms with Crippen molar-refractivity contribution in [1.82, 2.24) is 5.32 Å². The predicted molar refractivity (Wildman–Crippen MR) is 44.1 cm³/mol. The second kappa shape index (κ2) is 2.45. The highest BCUT2D eigenvalue weighted by molar-refractivity contribution is 5.64. The van der Waals surface area contributed by atoms with E-state index in [0.717, 1.165) is 12.2 Å². The van der Waals surface area contributed by atoms with Crippen molar-refractivity contribution < 1.29 is 0 Å². The summed E-state index contributed by atoms with van der Waals surface area (Å²) in [6.45, 7) is 6.38. The molecule has 1 rings (SSSR count). The molecule has 1 heterocycles. The maximum Gasteiger partial charge on any atom is 0.122 e. The number of nitrogens with zero attached hydrogens (tertiary/aromatic N) is 1. The first-order valence-corrected chi connectivity index (χ1v) is 3.59. The van der Waals surface area contributed by atoms with E-state index in [0.29, 0.717) is 0 Å². The van der Waals surface area contributed by atoms with Crippen molar-refractivity contribution in [3.05, 3.63) is 11.9 Å². The monoisotopic (exact) mass is 138 g/mol. The van der Waals surface area contributed by atoms with Gasteiger partial charge in [0.05, 0.1) is 0 Å². The quantitative estimate of drug-likeness (QED) is 0.586. The number of nitrogens with one attached hydrogen (secondary N) is 1. The summed E-state index contributed by atoms with van der Waals surface area (Å²) in [6.07, 6.45) is 4.97. The second-order valence-corrected chi connectivity index (χ2v) is 3.51. The molecule has 0 aromatic heterocycles. The number of hydrogen-bond acceptors (Lipinski definition) is 2. The van der Waals surface area contributed by atoms with Gasteiger partial charge in [0.25, 0.3) is 0 Å². The minimum atomic E-state index is 0.132. The standard InChI is InChI=1S/C8H14N2/c1-8(2,3)10-7-5-4-6-9-7/h5-6,10H,4H2,1-3H3. The molecule has 0 spiro atoms. The fourth-order valence-electron chi connectivity index (χ4n) is 0.836. The predicted octanol–water partition coefficient (Wildman–Crippen LogP) is 1.69. The molecule has 0 saturated carbocycles. The van der Waals surface area contributed by atoms with Crippen LogP contribution in [0.4, 0.5) is 0 Å². The SMILES string of the molecule is CC(C)(C)NC1=CCC=N1. The van der Waals surface area contributed by atoms with Crippen molar-refractivity contribution in [2.24, 2.45) is 4.99 Å². The minimum absolute atomic E-state index is 0.132. The Kier molecular flexibility index (Phi) is 1.79. The molecular weight excluding hydrogens is 124 g/mol. The van der Waals surface area contributed by atoms with E-state index in [2.05, 4.69) is 37.2 Å². The molecule has 1 aliphatic rings. The lowest BCUT2D eigenvalue weighted by molar-refractivity contribution is 0.471. The Morgan fingerprint density at radius 3 is 2.60 bits per heavy atom. The van der Waals surface area contributed by atoms with Gasteiger partial charge in [-0.25, -0.2) is 4.99 Å². The third-order valence-corrected chi connectivity index (χ3v) is 1.15. The van der Waals surface area contributed by atoms with Crippen molar-refractivity contribution in [3.63, 3.8) is 0 Å². The molecule has 0 bridgehead atoms. The van der Waals surface area contributed by atoms with Crippen LogP contribution in [0.1, 0.15) is 27.2 Å². The van der Waals surface area contributed by atoms with Gasteiger partial charge in [-0.05, 0) is 26.8 Å². The summed E-state index contributed by atoms with van der Waals surface area (Å²) in [7, 11) is 0. The fourth-order valence-corrected chi connectivity index (χ4v) is 0.836. The van der Waals surface area contributed by atoms with Crippen molar-refractivity contribution in [1.29, 1.82) is 0 Å². The summed E-state index contributed by atoms with van der Waals surface area (Å²) < 4.78 is 0. The largest absolute Gasteiger partial charge is 0.366 e. The van der Waals surface area contributed by atoms with Crippen LogP contribution in [-0.4, -0.2) is 11.8 Å². The van der Waals surface area contributed by atoms with E-state index in [1.165, 1.54) is 0 Å². The van der Waals surface area contributed by atoms with Gasteiger partial charge in [0.1, 0.15) is 5.82 Å². The van der Waals surface area contributed by atoms with Gasteiger partial charge in [-0.2, -0.15) is 0 Å². The number of allylic oxidation sites excluding steroid dienone is 1. The summed E-state index contributed by atoms with van der Waals surface area (Å²) in [5.74, 6) is 1.01. The Balaban J connectivity index is 2.46. The first kappa shape index (κ1) is 7.32. The molecule has 1 N–H and O–H groups in total. The molecule has 0 unspecified atom stereocenters. The van der Waals surface area contributed by atoms with Gasteiger partial charge < -0.3 is 5.32 Å². The molecule has 0 fully saturated rings. The highest BCUT2D eigenvalue weighted by Gasteiger charge is 2.10. The highest BCUT2D eigenvalue weighted by atomic mass is 15.1. The van der Waals surface area contributed by atoms with E-state index >= 15 is 0 Å². The Hall–Kier alpha value is -0.790. The Morgan fingerprint density at radius 2 is 2.20 bits per heavy atom. The van der Waals surface area contributed by atoms with Gasteiger partial charge in [-0.1, -0.05) is 0 Å². The summed E-state index contributed by atoms with van der Waals surface area (Å²) in [5, 5.41) is 3.28. The van der Waals surface area contributed by atoms with Crippen molar-refractivity contribution in [2.75, 3.05) is 0 Å². The van der Waals surface area contributed by atoms with Crippen LogP contribution in [0, 0.1) is 0 Å². The molecule has 0 amide bonds. The molecule has 0 aromatic carbocycles. The molecule has 56 valence electrons. The van der Waals surface area contributed by atoms with E-state index in [1.807, 2.05) is 6.21 Å². The maximum absolute atomic E-state index is 4.15. The van der Waals surface area contributed by atoms with Crippen LogP contribution < -0.4 is 5.32 Å². The van der Waals surface area contributed by atoms with Gasteiger partial charge in [0.15, 0.2) is 0 Å². The third-order valence-electron chi connectivity index (χ3n) is 1.15. The number of rotatable bonds is 1. The van der Waals surface area contributed by atoms with Crippen LogP contribution in [-0.2, 0) is 0 Å². The molecule has 10 heavy (non-hydrogen) atoms. The zero-order valence-corrected chi connectivity index (χ0v) is 6.81.